The molecule has 0 heterocycles. The van der Waals surface area contributed by atoms with Crippen molar-refractivity contribution in [3.63, 3.8) is 0 Å². The molecule has 1 aromatic carbocycles. The van der Waals surface area contributed by atoms with Crippen LogP contribution in [0.1, 0.15) is 26.3 Å². The van der Waals surface area contributed by atoms with Gasteiger partial charge in [0.25, 0.3) is 0 Å². The van der Waals surface area contributed by atoms with E-state index in [1.54, 1.807) is 6.07 Å². The van der Waals surface area contributed by atoms with Crippen LogP contribution in [-0.4, -0.2) is 20.2 Å². The van der Waals surface area contributed by atoms with E-state index in [4.69, 9.17) is 4.74 Å². The highest BCUT2D eigenvalue weighted by Crippen LogP contribution is 2.24. The zero-order chi connectivity index (χ0) is 13.5. The van der Waals surface area contributed by atoms with Gasteiger partial charge >= 0.3 is 0 Å². The molecule has 0 amide bonds. The van der Waals surface area contributed by atoms with Gasteiger partial charge in [0.1, 0.15) is 0 Å². The van der Waals surface area contributed by atoms with Crippen LogP contribution in [0.2, 0.25) is 0 Å². The van der Waals surface area contributed by atoms with Crippen LogP contribution < -0.4 is 10.1 Å². The lowest BCUT2D eigenvalue weighted by atomic mass is 9.89. The highest BCUT2D eigenvalue weighted by molar-refractivity contribution is 5.31. The third-order valence-electron chi connectivity index (χ3n) is 3.49. The molecule has 0 fully saturated rings. The Hall–Kier alpha value is -1.09. The fraction of sp³-hybridized carbons (Fsp3) is 0.600. The highest BCUT2D eigenvalue weighted by atomic mass is 19.1. The number of hydrogen-bond acceptors (Lipinski definition) is 2. The summed E-state index contributed by atoms with van der Waals surface area (Å²) in [5.74, 6) is 1.07. The molecule has 0 bridgehead atoms. The van der Waals surface area contributed by atoms with Gasteiger partial charge in [-0.1, -0.05) is 32.9 Å². The average Bonchev–Trinajstić information content (AvgIpc) is 2.38. The summed E-state index contributed by atoms with van der Waals surface area (Å²) in [6.07, 6.45) is 0.746. The Morgan fingerprint density at radius 1 is 1.28 bits per heavy atom. The fourth-order valence-electron chi connectivity index (χ4n) is 1.99. The summed E-state index contributed by atoms with van der Waals surface area (Å²) in [7, 11) is 1.50. The van der Waals surface area contributed by atoms with Gasteiger partial charge in [0, 0.05) is 0 Å². The van der Waals surface area contributed by atoms with E-state index in [1.165, 1.54) is 7.11 Å². The Morgan fingerprint density at radius 2 is 2.00 bits per heavy atom. The smallest absolute Gasteiger partial charge is 0.168 e. The van der Waals surface area contributed by atoms with Crippen molar-refractivity contribution in [2.45, 2.75) is 27.2 Å². The average molecular weight is 253 g/mol. The molecule has 3 heteroatoms. The number of hydrogen-bond donors (Lipinski definition) is 1. The quantitative estimate of drug-likeness (QED) is 0.805. The van der Waals surface area contributed by atoms with Gasteiger partial charge in [-0.2, -0.15) is 0 Å². The molecule has 0 radical (unpaired) electrons. The van der Waals surface area contributed by atoms with Crippen molar-refractivity contribution in [3.05, 3.63) is 29.6 Å². The maximum Gasteiger partial charge on any atom is 0.168 e. The first-order valence-electron chi connectivity index (χ1n) is 6.62. The first-order valence-corrected chi connectivity index (χ1v) is 6.62. The second kappa shape index (κ2) is 7.37. The molecular weight excluding hydrogens is 229 g/mol. The van der Waals surface area contributed by atoms with Crippen LogP contribution in [0.5, 0.6) is 5.75 Å². The first kappa shape index (κ1) is 15.0. The van der Waals surface area contributed by atoms with E-state index in [0.29, 0.717) is 17.6 Å². The van der Waals surface area contributed by atoms with E-state index in [9.17, 15) is 4.39 Å². The van der Waals surface area contributed by atoms with Crippen molar-refractivity contribution in [1.82, 2.24) is 5.32 Å². The molecule has 0 aliphatic rings. The molecule has 2 unspecified atom stereocenters. The zero-order valence-electron chi connectivity index (χ0n) is 11.8. The molecule has 2 nitrogen and oxygen atoms in total. The molecule has 1 N–H and O–H groups in total. The highest BCUT2D eigenvalue weighted by Gasteiger charge is 2.16. The second-order valence-electron chi connectivity index (χ2n) is 4.90. The van der Waals surface area contributed by atoms with Crippen LogP contribution in [0.3, 0.4) is 0 Å². The molecule has 2 atom stereocenters. The maximum atomic E-state index is 14.0. The number of ether oxygens (including phenoxy) is 1. The second-order valence-corrected chi connectivity index (χ2v) is 4.90. The van der Waals surface area contributed by atoms with Crippen LogP contribution in [0.25, 0.3) is 0 Å². The fourth-order valence-corrected chi connectivity index (χ4v) is 1.99. The van der Waals surface area contributed by atoms with E-state index in [2.05, 4.69) is 26.1 Å². The third-order valence-corrected chi connectivity index (χ3v) is 3.49. The Labute approximate surface area is 110 Å². The largest absolute Gasteiger partial charge is 0.494 e. The molecule has 18 heavy (non-hydrogen) atoms. The van der Waals surface area contributed by atoms with Gasteiger partial charge in [0.15, 0.2) is 11.6 Å². The summed E-state index contributed by atoms with van der Waals surface area (Å²) < 4.78 is 19.0. The summed E-state index contributed by atoms with van der Waals surface area (Å²) in [5.41, 5.74) is 0.741. The van der Waals surface area contributed by atoms with Crippen LogP contribution in [0.4, 0.5) is 4.39 Å². The summed E-state index contributed by atoms with van der Waals surface area (Å²) in [6.45, 7) is 8.42. The van der Waals surface area contributed by atoms with Crippen LogP contribution in [0.15, 0.2) is 18.2 Å². The van der Waals surface area contributed by atoms with E-state index in [-0.39, 0.29) is 5.82 Å². The predicted molar refractivity (Wildman–Crippen MR) is 73.5 cm³/mol. The lowest BCUT2D eigenvalue weighted by Gasteiger charge is -2.20. The minimum atomic E-state index is -0.220. The summed E-state index contributed by atoms with van der Waals surface area (Å²) in [4.78, 5) is 0. The summed E-state index contributed by atoms with van der Waals surface area (Å²) >= 11 is 0. The normalized spacial score (nSPS) is 14.3. The molecule has 0 saturated heterocycles. The van der Waals surface area contributed by atoms with Gasteiger partial charge in [-0.3, -0.25) is 0 Å². The Balaban J connectivity index is 2.66. The molecule has 0 spiro atoms. The lowest BCUT2D eigenvalue weighted by molar-refractivity contribution is 0.356. The van der Waals surface area contributed by atoms with Gasteiger partial charge in [0.05, 0.1) is 7.11 Å². The number of rotatable bonds is 7. The summed E-state index contributed by atoms with van der Waals surface area (Å²) in [6, 6.07) is 5.35. The number of nitrogens with one attached hydrogen (secondary N) is 1. The lowest BCUT2D eigenvalue weighted by Crippen LogP contribution is -2.26. The number of methoxy groups -OCH3 is 1. The Kier molecular flexibility index (Phi) is 6.13. The van der Waals surface area contributed by atoms with Crippen molar-refractivity contribution in [1.29, 1.82) is 0 Å². The monoisotopic (exact) mass is 253 g/mol. The predicted octanol–water partition coefficient (Wildman–Crippen LogP) is 3.26. The topological polar surface area (TPSA) is 21.3 Å². The first-order chi connectivity index (χ1) is 8.60. The van der Waals surface area contributed by atoms with E-state index in [0.717, 1.165) is 25.1 Å². The molecule has 0 aliphatic heterocycles. The van der Waals surface area contributed by atoms with E-state index >= 15 is 0 Å². The van der Waals surface area contributed by atoms with Gasteiger partial charge in [0.2, 0.25) is 0 Å². The summed E-state index contributed by atoms with van der Waals surface area (Å²) in [5, 5.41) is 3.33. The molecule has 102 valence electrons. The van der Waals surface area contributed by atoms with Crippen LogP contribution in [-0.2, 0) is 6.42 Å². The third kappa shape index (κ3) is 3.98. The standard InChI is InChI=1S/C15H24FNO/c1-5-17-10-12(3)11(2)9-13-7-6-8-14(18-4)15(13)16/h6-8,11-12,17H,5,9-10H2,1-4H3. The Morgan fingerprint density at radius 3 is 2.61 bits per heavy atom. The maximum absolute atomic E-state index is 14.0. The van der Waals surface area contributed by atoms with Gasteiger partial charge in [-0.25, -0.2) is 4.39 Å². The van der Waals surface area contributed by atoms with Gasteiger partial charge in [-0.15, -0.1) is 0 Å². The van der Waals surface area contributed by atoms with Crippen molar-refractivity contribution in [3.8, 4) is 5.75 Å². The van der Waals surface area contributed by atoms with Gasteiger partial charge in [-0.05, 0) is 43.0 Å². The minimum Gasteiger partial charge on any atom is -0.494 e. The molecule has 0 saturated carbocycles. The van der Waals surface area contributed by atoms with Gasteiger partial charge < -0.3 is 10.1 Å². The van der Waals surface area contributed by atoms with Crippen LogP contribution >= 0.6 is 0 Å². The molecule has 1 rings (SSSR count). The van der Waals surface area contributed by atoms with Crippen molar-refractivity contribution < 1.29 is 9.13 Å². The van der Waals surface area contributed by atoms with Crippen LogP contribution in [0, 0.1) is 17.7 Å². The number of benzene rings is 1. The van der Waals surface area contributed by atoms with Crippen molar-refractivity contribution in [2.75, 3.05) is 20.2 Å². The molecule has 0 aliphatic carbocycles. The van der Waals surface area contributed by atoms with E-state index in [1.807, 2.05) is 12.1 Å². The molecule has 1 aromatic rings. The molecule has 0 aromatic heterocycles. The zero-order valence-corrected chi connectivity index (χ0v) is 11.8. The van der Waals surface area contributed by atoms with Crippen molar-refractivity contribution in [2.24, 2.45) is 11.8 Å². The van der Waals surface area contributed by atoms with E-state index < -0.39 is 0 Å². The Bertz CT molecular complexity index is 368. The SMILES string of the molecule is CCNCC(C)C(C)Cc1cccc(OC)c1F. The number of halogens is 1. The minimum absolute atomic E-state index is 0.220. The molecular formula is C15H24FNO. The van der Waals surface area contributed by atoms with Crippen molar-refractivity contribution >= 4 is 0 Å².